The molecule has 0 aliphatic carbocycles. The van der Waals surface area contributed by atoms with E-state index >= 15 is 0 Å². The first-order valence-electron chi connectivity index (χ1n) is 6.38. The summed E-state index contributed by atoms with van der Waals surface area (Å²) in [6, 6.07) is 1.58. The lowest BCUT2D eigenvalue weighted by Gasteiger charge is -2.29. The molecule has 2 aliphatic heterocycles. The maximum atomic E-state index is 3.60. The van der Waals surface area contributed by atoms with Gasteiger partial charge in [-0.1, -0.05) is 0 Å². The molecule has 2 fully saturated rings. The van der Waals surface area contributed by atoms with Gasteiger partial charge in [-0.15, -0.1) is 0 Å². The molecule has 3 heteroatoms. The van der Waals surface area contributed by atoms with Gasteiger partial charge in [-0.2, -0.15) is 0 Å². The second-order valence-electron chi connectivity index (χ2n) is 5.35. The van der Waals surface area contributed by atoms with Crippen molar-refractivity contribution in [2.75, 3.05) is 40.3 Å². The molecule has 2 rings (SSSR count). The fourth-order valence-corrected chi connectivity index (χ4v) is 2.96. The monoisotopic (exact) mass is 211 g/mol. The van der Waals surface area contributed by atoms with Gasteiger partial charge in [-0.25, -0.2) is 0 Å². The number of nitrogens with one attached hydrogen (secondary N) is 1. The summed E-state index contributed by atoms with van der Waals surface area (Å²) < 4.78 is 0. The van der Waals surface area contributed by atoms with E-state index in [2.05, 4.69) is 29.2 Å². The number of likely N-dealkylation sites (tertiary alicyclic amines) is 1. The second-order valence-corrected chi connectivity index (χ2v) is 5.35. The lowest BCUT2D eigenvalue weighted by atomic mass is 10.2. The highest BCUT2D eigenvalue weighted by Gasteiger charge is 2.27. The Kier molecular flexibility index (Phi) is 4.00. The number of rotatable bonds is 4. The van der Waals surface area contributed by atoms with Gasteiger partial charge >= 0.3 is 0 Å². The first-order chi connectivity index (χ1) is 7.25. The van der Waals surface area contributed by atoms with Gasteiger partial charge in [0.05, 0.1) is 0 Å². The molecule has 0 bridgehead atoms. The van der Waals surface area contributed by atoms with Crippen molar-refractivity contribution < 1.29 is 0 Å². The maximum absolute atomic E-state index is 3.60. The summed E-state index contributed by atoms with van der Waals surface area (Å²) >= 11 is 0. The summed E-state index contributed by atoms with van der Waals surface area (Å²) in [5.74, 6) is 0. The quantitative estimate of drug-likeness (QED) is 0.741. The van der Waals surface area contributed by atoms with Crippen LogP contribution in [0.5, 0.6) is 0 Å². The third kappa shape index (κ3) is 3.16. The minimum atomic E-state index is 0.771. The van der Waals surface area contributed by atoms with E-state index in [1.807, 2.05) is 0 Å². The maximum Gasteiger partial charge on any atom is 0.0224 e. The van der Waals surface area contributed by atoms with Crippen LogP contribution >= 0.6 is 0 Å². The Morgan fingerprint density at radius 3 is 2.80 bits per heavy atom. The largest absolute Gasteiger partial charge is 0.313 e. The van der Waals surface area contributed by atoms with Crippen LogP contribution in [0.1, 0.15) is 25.7 Å². The lowest BCUT2D eigenvalue weighted by molar-refractivity contribution is 0.193. The molecular formula is C12H25N3. The van der Waals surface area contributed by atoms with Gasteiger partial charge in [0.25, 0.3) is 0 Å². The van der Waals surface area contributed by atoms with Crippen LogP contribution in [0.2, 0.25) is 0 Å². The molecule has 3 nitrogen and oxygen atoms in total. The van der Waals surface area contributed by atoms with Crippen LogP contribution in [0.4, 0.5) is 0 Å². The molecule has 1 N–H and O–H groups in total. The molecule has 0 radical (unpaired) electrons. The molecular weight excluding hydrogens is 186 g/mol. The van der Waals surface area contributed by atoms with Crippen molar-refractivity contribution in [3.63, 3.8) is 0 Å². The molecule has 0 amide bonds. The predicted molar refractivity (Wildman–Crippen MR) is 64.2 cm³/mol. The Morgan fingerprint density at radius 2 is 2.13 bits per heavy atom. The Labute approximate surface area is 93.8 Å². The van der Waals surface area contributed by atoms with Crippen LogP contribution in [-0.4, -0.2) is 62.2 Å². The van der Waals surface area contributed by atoms with E-state index in [1.54, 1.807) is 0 Å². The number of hydrogen-bond donors (Lipinski definition) is 1. The van der Waals surface area contributed by atoms with Crippen LogP contribution < -0.4 is 5.32 Å². The smallest absolute Gasteiger partial charge is 0.0224 e. The summed E-state index contributed by atoms with van der Waals surface area (Å²) in [5.41, 5.74) is 0. The third-order valence-corrected chi connectivity index (χ3v) is 3.69. The molecule has 15 heavy (non-hydrogen) atoms. The summed E-state index contributed by atoms with van der Waals surface area (Å²) in [7, 11) is 4.37. The van der Waals surface area contributed by atoms with Gasteiger partial charge in [-0.3, -0.25) is 4.90 Å². The van der Waals surface area contributed by atoms with E-state index in [4.69, 9.17) is 0 Å². The SMILES string of the molecule is CN(C)CC1CCCN1C[C@H]1CCCN1. The van der Waals surface area contributed by atoms with Crippen LogP contribution in [-0.2, 0) is 0 Å². The van der Waals surface area contributed by atoms with E-state index in [9.17, 15) is 0 Å². The van der Waals surface area contributed by atoms with Gasteiger partial charge in [-0.05, 0) is 52.9 Å². The molecule has 0 spiro atoms. The fraction of sp³-hybridized carbons (Fsp3) is 1.00. The molecule has 88 valence electrons. The fourth-order valence-electron chi connectivity index (χ4n) is 2.96. The minimum absolute atomic E-state index is 0.771. The highest BCUT2D eigenvalue weighted by Crippen LogP contribution is 2.19. The van der Waals surface area contributed by atoms with Crippen LogP contribution in [0.3, 0.4) is 0 Å². The van der Waals surface area contributed by atoms with Crippen molar-refractivity contribution in [1.82, 2.24) is 15.1 Å². The summed E-state index contributed by atoms with van der Waals surface area (Å²) in [5, 5.41) is 3.60. The van der Waals surface area contributed by atoms with Crippen LogP contribution in [0, 0.1) is 0 Å². The Bertz CT molecular complexity index is 187. The summed E-state index contributed by atoms with van der Waals surface area (Å²) in [4.78, 5) is 5.02. The zero-order chi connectivity index (χ0) is 10.7. The van der Waals surface area contributed by atoms with Crippen molar-refractivity contribution >= 4 is 0 Å². The molecule has 2 atom stereocenters. The normalized spacial score (nSPS) is 33.0. The van der Waals surface area contributed by atoms with Crippen molar-refractivity contribution in [1.29, 1.82) is 0 Å². The van der Waals surface area contributed by atoms with Crippen LogP contribution in [0.15, 0.2) is 0 Å². The topological polar surface area (TPSA) is 18.5 Å². The van der Waals surface area contributed by atoms with E-state index in [1.165, 1.54) is 51.9 Å². The average Bonchev–Trinajstić information content (AvgIpc) is 2.78. The Hall–Kier alpha value is -0.120. The standard InChI is InChI=1S/C12H25N3/c1-14(2)10-12-6-4-8-15(12)9-11-5-3-7-13-11/h11-13H,3-10H2,1-2H3/t11-,12?/m1/s1. The third-order valence-electron chi connectivity index (χ3n) is 3.69. The van der Waals surface area contributed by atoms with Crippen molar-refractivity contribution in [3.8, 4) is 0 Å². The van der Waals surface area contributed by atoms with E-state index in [0.717, 1.165) is 12.1 Å². The molecule has 2 heterocycles. The van der Waals surface area contributed by atoms with E-state index < -0.39 is 0 Å². The average molecular weight is 211 g/mol. The van der Waals surface area contributed by atoms with Gasteiger partial charge in [0.15, 0.2) is 0 Å². The highest BCUT2D eigenvalue weighted by atomic mass is 15.2. The number of nitrogens with zero attached hydrogens (tertiary/aromatic N) is 2. The van der Waals surface area contributed by atoms with Crippen LogP contribution in [0.25, 0.3) is 0 Å². The lowest BCUT2D eigenvalue weighted by Crippen LogP contribution is -2.43. The Morgan fingerprint density at radius 1 is 1.27 bits per heavy atom. The second kappa shape index (κ2) is 5.28. The van der Waals surface area contributed by atoms with Gasteiger partial charge < -0.3 is 10.2 Å². The minimum Gasteiger partial charge on any atom is -0.313 e. The Balaban J connectivity index is 1.79. The van der Waals surface area contributed by atoms with Crippen molar-refractivity contribution in [2.24, 2.45) is 0 Å². The molecule has 1 unspecified atom stereocenters. The number of hydrogen-bond acceptors (Lipinski definition) is 3. The molecule has 2 saturated heterocycles. The number of likely N-dealkylation sites (N-methyl/N-ethyl adjacent to an activating group) is 1. The first kappa shape index (κ1) is 11.4. The highest BCUT2D eigenvalue weighted by molar-refractivity contribution is 4.86. The molecule has 2 aliphatic rings. The van der Waals surface area contributed by atoms with Crippen molar-refractivity contribution in [2.45, 2.75) is 37.8 Å². The molecule has 0 saturated carbocycles. The zero-order valence-corrected chi connectivity index (χ0v) is 10.2. The molecule has 0 aromatic rings. The predicted octanol–water partition coefficient (Wildman–Crippen LogP) is 0.764. The molecule has 0 aromatic carbocycles. The van der Waals surface area contributed by atoms with E-state index in [0.29, 0.717) is 0 Å². The van der Waals surface area contributed by atoms with Gasteiger partial charge in [0, 0.05) is 25.2 Å². The van der Waals surface area contributed by atoms with Gasteiger partial charge in [0.1, 0.15) is 0 Å². The van der Waals surface area contributed by atoms with E-state index in [-0.39, 0.29) is 0 Å². The summed E-state index contributed by atoms with van der Waals surface area (Å²) in [6.07, 6.45) is 5.54. The van der Waals surface area contributed by atoms with Gasteiger partial charge in [0.2, 0.25) is 0 Å². The molecule has 0 aromatic heterocycles. The summed E-state index contributed by atoms with van der Waals surface area (Å²) in [6.45, 7) is 5.05. The zero-order valence-electron chi connectivity index (χ0n) is 10.2. The van der Waals surface area contributed by atoms with Crippen molar-refractivity contribution in [3.05, 3.63) is 0 Å². The first-order valence-corrected chi connectivity index (χ1v) is 6.38.